The highest BCUT2D eigenvalue weighted by atomic mass is 19.1. The van der Waals surface area contributed by atoms with Gasteiger partial charge in [-0.3, -0.25) is 0 Å². The molecule has 0 aromatic heterocycles. The van der Waals surface area contributed by atoms with Crippen LogP contribution < -0.4 is 0 Å². The summed E-state index contributed by atoms with van der Waals surface area (Å²) in [7, 11) is 3.93. The lowest BCUT2D eigenvalue weighted by Crippen LogP contribution is -2.44. The number of rotatable bonds is 7. The van der Waals surface area contributed by atoms with Gasteiger partial charge >= 0.3 is 0 Å². The van der Waals surface area contributed by atoms with Crippen molar-refractivity contribution in [1.29, 1.82) is 0 Å². The van der Waals surface area contributed by atoms with Gasteiger partial charge in [-0.1, -0.05) is 37.3 Å². The van der Waals surface area contributed by atoms with Crippen molar-refractivity contribution in [1.82, 2.24) is 4.90 Å². The number of nitrogens with zero attached hydrogens (tertiary/aromatic N) is 1. The molecule has 26 heavy (non-hydrogen) atoms. The zero-order valence-corrected chi connectivity index (χ0v) is 15.8. The van der Waals surface area contributed by atoms with Gasteiger partial charge in [0.05, 0.1) is 5.60 Å². The summed E-state index contributed by atoms with van der Waals surface area (Å²) in [5, 5.41) is 11.6. The Labute approximate surface area is 154 Å². The second-order valence-corrected chi connectivity index (χ2v) is 7.27. The Morgan fingerprint density at radius 3 is 2.04 bits per heavy atom. The lowest BCUT2D eigenvalue weighted by atomic mass is 9.77. The van der Waals surface area contributed by atoms with Crippen LogP contribution in [0.5, 0.6) is 0 Å². The Hall–Kier alpha value is -2.04. The van der Waals surface area contributed by atoms with Gasteiger partial charge in [-0.05, 0) is 62.0 Å². The summed E-state index contributed by atoms with van der Waals surface area (Å²) >= 11 is 0. The van der Waals surface area contributed by atoms with E-state index in [4.69, 9.17) is 0 Å². The van der Waals surface area contributed by atoms with Crippen LogP contribution in [0.4, 0.5) is 8.78 Å². The zero-order chi connectivity index (χ0) is 19.3. The van der Waals surface area contributed by atoms with E-state index in [-0.39, 0.29) is 17.6 Å². The van der Waals surface area contributed by atoms with E-state index in [2.05, 4.69) is 0 Å². The lowest BCUT2D eigenvalue weighted by Gasteiger charge is -2.37. The maximum Gasteiger partial charge on any atom is 0.123 e. The Balaban J connectivity index is 2.37. The Morgan fingerprint density at radius 2 is 1.54 bits per heavy atom. The van der Waals surface area contributed by atoms with Crippen molar-refractivity contribution in [3.63, 3.8) is 0 Å². The van der Waals surface area contributed by atoms with Crippen LogP contribution in [-0.4, -0.2) is 36.2 Å². The van der Waals surface area contributed by atoms with E-state index in [1.54, 1.807) is 24.3 Å². The van der Waals surface area contributed by atoms with Crippen LogP contribution in [0.2, 0.25) is 0 Å². The third kappa shape index (κ3) is 5.23. The zero-order valence-electron chi connectivity index (χ0n) is 15.8. The molecule has 1 N–H and O–H groups in total. The molecule has 4 heteroatoms. The van der Waals surface area contributed by atoms with Gasteiger partial charge in [0.1, 0.15) is 11.6 Å². The fourth-order valence-corrected chi connectivity index (χ4v) is 3.25. The molecule has 140 valence electrons. The van der Waals surface area contributed by atoms with E-state index >= 15 is 0 Å². The van der Waals surface area contributed by atoms with E-state index in [1.165, 1.54) is 24.3 Å². The molecule has 0 fully saturated rings. The predicted octanol–water partition coefficient (Wildman–Crippen LogP) is 4.54. The van der Waals surface area contributed by atoms with Gasteiger partial charge in [0, 0.05) is 18.9 Å². The van der Waals surface area contributed by atoms with Crippen LogP contribution in [0.1, 0.15) is 25.0 Å². The highest BCUT2D eigenvalue weighted by Gasteiger charge is 2.36. The van der Waals surface area contributed by atoms with Gasteiger partial charge in [-0.15, -0.1) is 0 Å². The SMILES string of the molecule is C/C(=C/c1ccc(F)cc1)C(O)(Cc1ccc(F)cc1)C(C)CN(C)C. The smallest absolute Gasteiger partial charge is 0.123 e. The number of hydrogen-bond donors (Lipinski definition) is 1. The van der Waals surface area contributed by atoms with Crippen LogP contribution >= 0.6 is 0 Å². The second kappa shape index (κ2) is 8.56. The van der Waals surface area contributed by atoms with Crippen LogP contribution in [0, 0.1) is 17.6 Å². The lowest BCUT2D eigenvalue weighted by molar-refractivity contribution is 0.0149. The molecule has 0 saturated heterocycles. The molecule has 0 heterocycles. The highest BCUT2D eigenvalue weighted by molar-refractivity contribution is 5.55. The minimum atomic E-state index is -1.10. The summed E-state index contributed by atoms with van der Waals surface area (Å²) in [5.41, 5.74) is 1.39. The third-order valence-electron chi connectivity index (χ3n) is 4.78. The van der Waals surface area contributed by atoms with Crippen LogP contribution in [0.3, 0.4) is 0 Å². The molecule has 2 nitrogen and oxygen atoms in total. The highest BCUT2D eigenvalue weighted by Crippen LogP contribution is 2.32. The molecule has 0 bridgehead atoms. The summed E-state index contributed by atoms with van der Waals surface area (Å²) in [6, 6.07) is 12.4. The fraction of sp³-hybridized carbons (Fsp3) is 0.364. The number of benzene rings is 2. The molecule has 2 unspecified atom stereocenters. The Morgan fingerprint density at radius 1 is 1.04 bits per heavy atom. The molecule has 2 aromatic rings. The molecule has 0 amide bonds. The quantitative estimate of drug-likeness (QED) is 0.785. The van der Waals surface area contributed by atoms with E-state index < -0.39 is 5.60 Å². The molecule has 0 aliphatic heterocycles. The first kappa shape index (κ1) is 20.3. The van der Waals surface area contributed by atoms with E-state index in [0.717, 1.165) is 16.7 Å². The summed E-state index contributed by atoms with van der Waals surface area (Å²) in [6.45, 7) is 4.59. The fourth-order valence-electron chi connectivity index (χ4n) is 3.25. The average Bonchev–Trinajstić information content (AvgIpc) is 2.58. The van der Waals surface area contributed by atoms with Crippen LogP contribution in [0.15, 0.2) is 54.1 Å². The molecule has 2 rings (SSSR count). The normalized spacial score (nSPS) is 15.8. The summed E-state index contributed by atoms with van der Waals surface area (Å²) in [4.78, 5) is 2.03. The van der Waals surface area contributed by atoms with Crippen molar-refractivity contribution >= 4 is 6.08 Å². The molecule has 2 atom stereocenters. The van der Waals surface area contributed by atoms with Crippen molar-refractivity contribution in [3.05, 3.63) is 76.9 Å². The van der Waals surface area contributed by atoms with Crippen LogP contribution in [-0.2, 0) is 6.42 Å². The predicted molar refractivity (Wildman–Crippen MR) is 103 cm³/mol. The summed E-state index contributed by atoms with van der Waals surface area (Å²) in [6.07, 6.45) is 2.26. The molecule has 0 aliphatic carbocycles. The van der Waals surface area contributed by atoms with Gasteiger partial charge in [0.15, 0.2) is 0 Å². The summed E-state index contributed by atoms with van der Waals surface area (Å²) < 4.78 is 26.4. The monoisotopic (exact) mass is 359 g/mol. The molecule has 2 aromatic carbocycles. The molecular weight excluding hydrogens is 332 g/mol. The van der Waals surface area contributed by atoms with Crippen molar-refractivity contribution in [2.45, 2.75) is 25.9 Å². The Kier molecular flexibility index (Phi) is 6.68. The van der Waals surface area contributed by atoms with Gasteiger partial charge < -0.3 is 10.0 Å². The van der Waals surface area contributed by atoms with Crippen LogP contribution in [0.25, 0.3) is 6.08 Å². The number of halogens is 2. The topological polar surface area (TPSA) is 23.5 Å². The van der Waals surface area contributed by atoms with Gasteiger partial charge in [0.25, 0.3) is 0 Å². The summed E-state index contributed by atoms with van der Waals surface area (Å²) in [5.74, 6) is -0.640. The first-order chi connectivity index (χ1) is 12.2. The second-order valence-electron chi connectivity index (χ2n) is 7.27. The minimum absolute atomic E-state index is 0.0562. The molecule has 0 saturated carbocycles. The maximum absolute atomic E-state index is 13.2. The first-order valence-corrected chi connectivity index (χ1v) is 8.76. The van der Waals surface area contributed by atoms with E-state index in [0.29, 0.717) is 13.0 Å². The van der Waals surface area contributed by atoms with Crippen molar-refractivity contribution < 1.29 is 13.9 Å². The largest absolute Gasteiger partial charge is 0.385 e. The molecule has 0 aliphatic rings. The van der Waals surface area contributed by atoms with Gasteiger partial charge in [-0.25, -0.2) is 8.78 Å². The van der Waals surface area contributed by atoms with Crippen molar-refractivity contribution in [3.8, 4) is 0 Å². The first-order valence-electron chi connectivity index (χ1n) is 8.76. The van der Waals surface area contributed by atoms with E-state index in [9.17, 15) is 13.9 Å². The molecule has 0 spiro atoms. The maximum atomic E-state index is 13.2. The number of aliphatic hydroxyl groups is 1. The van der Waals surface area contributed by atoms with E-state index in [1.807, 2.05) is 38.9 Å². The van der Waals surface area contributed by atoms with Crippen molar-refractivity contribution in [2.75, 3.05) is 20.6 Å². The average molecular weight is 359 g/mol. The Bertz CT molecular complexity index is 738. The minimum Gasteiger partial charge on any atom is -0.385 e. The van der Waals surface area contributed by atoms with Gasteiger partial charge in [-0.2, -0.15) is 0 Å². The van der Waals surface area contributed by atoms with Crippen molar-refractivity contribution in [2.24, 2.45) is 5.92 Å². The molecule has 0 radical (unpaired) electrons. The standard InChI is InChI=1S/C22H27F2NO/c1-16(13-18-5-9-20(23)10-6-18)22(26,17(2)15-25(3)4)14-19-7-11-21(24)12-8-19/h5-13,17,26H,14-15H2,1-4H3/b16-13-. The number of hydrogen-bond acceptors (Lipinski definition) is 2. The third-order valence-corrected chi connectivity index (χ3v) is 4.78. The van der Waals surface area contributed by atoms with Gasteiger partial charge in [0.2, 0.25) is 0 Å². The molecular formula is C22H27F2NO.